The molecule has 0 aliphatic heterocycles. The van der Waals surface area contributed by atoms with Crippen molar-refractivity contribution in [3.05, 3.63) is 0 Å². The van der Waals surface area contributed by atoms with Crippen LogP contribution >= 0.6 is 12.2 Å². The Morgan fingerprint density at radius 2 is 1.67 bits per heavy atom. The lowest BCUT2D eigenvalue weighted by Crippen LogP contribution is -2.59. The van der Waals surface area contributed by atoms with Gasteiger partial charge in [-0.3, -0.25) is 4.79 Å². The van der Waals surface area contributed by atoms with E-state index in [9.17, 15) is 4.79 Å². The van der Waals surface area contributed by atoms with E-state index in [2.05, 4.69) is 39.9 Å². The molecule has 0 bridgehead atoms. The third kappa shape index (κ3) is 2.60. The fourth-order valence-corrected chi connectivity index (χ4v) is 4.43. The van der Waals surface area contributed by atoms with E-state index in [1.807, 2.05) is 0 Å². The molecule has 3 nitrogen and oxygen atoms in total. The zero-order chi connectivity index (χ0) is 16.1. The van der Waals surface area contributed by atoms with Crippen LogP contribution < -0.4 is 11.1 Å². The van der Waals surface area contributed by atoms with Crippen LogP contribution in [0.3, 0.4) is 0 Å². The molecule has 2 saturated carbocycles. The van der Waals surface area contributed by atoms with Gasteiger partial charge in [-0.2, -0.15) is 0 Å². The Balaban J connectivity index is 2.09. The van der Waals surface area contributed by atoms with E-state index in [0.717, 1.165) is 31.6 Å². The first kappa shape index (κ1) is 16.7. The van der Waals surface area contributed by atoms with Crippen molar-refractivity contribution in [3.63, 3.8) is 0 Å². The Hall–Kier alpha value is -0.640. The van der Waals surface area contributed by atoms with Crippen LogP contribution in [0, 0.1) is 22.7 Å². The maximum Gasteiger partial charge on any atom is 0.225 e. The highest BCUT2D eigenvalue weighted by atomic mass is 32.1. The van der Waals surface area contributed by atoms with Crippen LogP contribution in [0.1, 0.15) is 66.7 Å². The molecule has 0 atom stereocenters. The summed E-state index contributed by atoms with van der Waals surface area (Å²) in [6.45, 7) is 10.9. The molecular formula is C17H30N2OS. The smallest absolute Gasteiger partial charge is 0.225 e. The Bertz CT molecular complexity index is 434. The lowest BCUT2D eigenvalue weighted by molar-refractivity contribution is -0.125. The summed E-state index contributed by atoms with van der Waals surface area (Å²) in [7, 11) is 0. The van der Waals surface area contributed by atoms with Gasteiger partial charge in [0.15, 0.2) is 0 Å². The summed E-state index contributed by atoms with van der Waals surface area (Å²) in [6, 6.07) is 0. The number of thiocarbonyl (C=S) groups is 1. The summed E-state index contributed by atoms with van der Waals surface area (Å²) in [4.78, 5) is 13.2. The standard InChI is InChI=1S/C17H30N2OS/c1-6-11-7-9-17(10-8-11,14(18)21)19-13(20)12-15(2,3)16(12,4)5/h11-12H,6-10H2,1-5H3,(H2,18,21)(H,19,20). The second kappa shape index (κ2) is 5.22. The molecule has 2 rings (SSSR count). The summed E-state index contributed by atoms with van der Waals surface area (Å²) in [5, 5.41) is 3.24. The molecule has 2 aliphatic carbocycles. The van der Waals surface area contributed by atoms with E-state index < -0.39 is 5.54 Å². The van der Waals surface area contributed by atoms with Crippen LogP contribution in [0.2, 0.25) is 0 Å². The zero-order valence-electron chi connectivity index (χ0n) is 14.1. The fraction of sp³-hybridized carbons (Fsp3) is 0.882. The highest BCUT2D eigenvalue weighted by Gasteiger charge is 2.68. The van der Waals surface area contributed by atoms with Crippen LogP contribution in [0.5, 0.6) is 0 Å². The van der Waals surface area contributed by atoms with E-state index in [1.165, 1.54) is 6.42 Å². The van der Waals surface area contributed by atoms with Gasteiger partial charge in [0, 0.05) is 5.92 Å². The van der Waals surface area contributed by atoms with Crippen molar-refractivity contribution in [2.75, 3.05) is 0 Å². The third-order valence-corrected chi connectivity index (χ3v) is 7.04. The maximum atomic E-state index is 12.7. The van der Waals surface area contributed by atoms with Crippen molar-refractivity contribution >= 4 is 23.1 Å². The van der Waals surface area contributed by atoms with Gasteiger partial charge in [0.05, 0.1) is 10.5 Å². The van der Waals surface area contributed by atoms with E-state index in [-0.39, 0.29) is 22.7 Å². The molecule has 0 aromatic rings. The molecule has 0 aromatic carbocycles. The van der Waals surface area contributed by atoms with Crippen LogP contribution in [0.15, 0.2) is 0 Å². The monoisotopic (exact) mass is 310 g/mol. The van der Waals surface area contributed by atoms with Crippen molar-refractivity contribution < 1.29 is 4.79 Å². The lowest BCUT2D eigenvalue weighted by Gasteiger charge is -2.40. The first-order chi connectivity index (χ1) is 9.58. The first-order valence-corrected chi connectivity index (χ1v) is 8.61. The van der Waals surface area contributed by atoms with Crippen molar-refractivity contribution in [1.29, 1.82) is 0 Å². The highest BCUT2D eigenvalue weighted by Crippen LogP contribution is 2.68. The summed E-state index contributed by atoms with van der Waals surface area (Å²) in [6.07, 6.45) is 5.18. The van der Waals surface area contributed by atoms with Crippen LogP contribution in [0.25, 0.3) is 0 Å². The average molecular weight is 311 g/mol. The van der Waals surface area contributed by atoms with Gasteiger partial charge in [-0.05, 0) is 42.4 Å². The first-order valence-electron chi connectivity index (χ1n) is 8.20. The van der Waals surface area contributed by atoms with Crippen LogP contribution in [-0.4, -0.2) is 16.4 Å². The van der Waals surface area contributed by atoms with Gasteiger partial charge >= 0.3 is 0 Å². The van der Waals surface area contributed by atoms with Gasteiger partial charge in [0.2, 0.25) is 5.91 Å². The zero-order valence-corrected chi connectivity index (χ0v) is 14.9. The molecule has 0 spiro atoms. The molecule has 21 heavy (non-hydrogen) atoms. The second-order valence-corrected chi connectivity index (χ2v) is 8.60. The molecule has 4 heteroatoms. The van der Waals surface area contributed by atoms with Crippen molar-refractivity contribution in [1.82, 2.24) is 5.32 Å². The molecule has 2 aliphatic rings. The number of hydrogen-bond acceptors (Lipinski definition) is 2. The SMILES string of the molecule is CCC1CCC(NC(=O)C2C(C)(C)C2(C)C)(C(N)=S)CC1. The van der Waals surface area contributed by atoms with Crippen molar-refractivity contribution in [2.24, 2.45) is 28.4 Å². The normalized spacial score (nSPS) is 34.2. The van der Waals surface area contributed by atoms with Gasteiger partial charge in [-0.25, -0.2) is 0 Å². The average Bonchev–Trinajstić information content (AvgIpc) is 2.80. The predicted octanol–water partition coefficient (Wildman–Crippen LogP) is 3.41. The lowest BCUT2D eigenvalue weighted by atomic mass is 9.75. The molecule has 0 radical (unpaired) electrons. The van der Waals surface area contributed by atoms with E-state index in [1.54, 1.807) is 0 Å². The maximum absolute atomic E-state index is 12.7. The van der Waals surface area contributed by atoms with E-state index in [0.29, 0.717) is 4.99 Å². The Morgan fingerprint density at radius 3 is 2.00 bits per heavy atom. The molecule has 0 saturated heterocycles. The molecule has 0 unspecified atom stereocenters. The molecule has 1 amide bonds. The minimum atomic E-state index is -0.452. The highest BCUT2D eigenvalue weighted by molar-refractivity contribution is 7.80. The summed E-state index contributed by atoms with van der Waals surface area (Å²) in [5.41, 5.74) is 5.66. The fourth-order valence-electron chi connectivity index (χ4n) is 4.17. The van der Waals surface area contributed by atoms with Gasteiger partial charge in [-0.1, -0.05) is 53.3 Å². The molecule has 3 N–H and O–H groups in total. The molecule has 0 aromatic heterocycles. The largest absolute Gasteiger partial charge is 0.391 e. The van der Waals surface area contributed by atoms with Crippen molar-refractivity contribution in [2.45, 2.75) is 72.3 Å². The molecule has 0 heterocycles. The molecule has 2 fully saturated rings. The van der Waals surface area contributed by atoms with Crippen LogP contribution in [-0.2, 0) is 4.79 Å². The number of hydrogen-bond donors (Lipinski definition) is 2. The van der Waals surface area contributed by atoms with Crippen molar-refractivity contribution in [3.8, 4) is 0 Å². The Kier molecular flexibility index (Phi) is 4.16. The number of carbonyl (C=O) groups is 1. The molecule has 120 valence electrons. The summed E-state index contributed by atoms with van der Waals surface area (Å²) < 4.78 is 0. The van der Waals surface area contributed by atoms with E-state index in [4.69, 9.17) is 18.0 Å². The van der Waals surface area contributed by atoms with Gasteiger partial charge < -0.3 is 11.1 Å². The van der Waals surface area contributed by atoms with E-state index >= 15 is 0 Å². The minimum absolute atomic E-state index is 0.0507. The predicted molar refractivity (Wildman–Crippen MR) is 91.0 cm³/mol. The third-order valence-electron chi connectivity index (χ3n) is 6.65. The summed E-state index contributed by atoms with van der Waals surface area (Å²) >= 11 is 5.31. The number of nitrogens with one attached hydrogen (secondary N) is 1. The van der Waals surface area contributed by atoms with Gasteiger partial charge in [0.25, 0.3) is 0 Å². The van der Waals surface area contributed by atoms with Gasteiger partial charge in [-0.15, -0.1) is 0 Å². The summed E-state index contributed by atoms with van der Waals surface area (Å²) in [5.74, 6) is 0.936. The topological polar surface area (TPSA) is 55.1 Å². The number of carbonyl (C=O) groups excluding carboxylic acids is 1. The minimum Gasteiger partial charge on any atom is -0.391 e. The Labute approximate surface area is 134 Å². The number of nitrogens with two attached hydrogens (primary N) is 1. The number of amides is 1. The second-order valence-electron chi connectivity index (χ2n) is 8.16. The quantitative estimate of drug-likeness (QED) is 0.782. The van der Waals surface area contributed by atoms with Crippen LogP contribution in [0.4, 0.5) is 0 Å². The van der Waals surface area contributed by atoms with Gasteiger partial charge in [0.1, 0.15) is 0 Å². The molecular weight excluding hydrogens is 280 g/mol. The Morgan fingerprint density at radius 1 is 1.19 bits per heavy atom. The number of rotatable bonds is 4.